The Hall–Kier alpha value is -1.86. The molecule has 1 aromatic carbocycles. The van der Waals surface area contributed by atoms with Crippen molar-refractivity contribution in [2.75, 3.05) is 39.1 Å². The van der Waals surface area contributed by atoms with Crippen molar-refractivity contribution in [3.8, 4) is 5.75 Å². The van der Waals surface area contributed by atoms with Gasteiger partial charge in [-0.05, 0) is 48.7 Å². The standard InChI is InChI=1S/C27H45ClN2O8SSi/c1-20(31)37-18-22-16-24(29(39(6,33)34)17-21-10-12-23(35-5)13-11-21)25(19-38-40(7,8)27(2,3)4)30(22)26(32)36-15-9-14-28/h10-13,22,24-25H,9,14-19H2,1-8H3/t22?,24-,25-/m0/s1. The highest BCUT2D eigenvalue weighted by Crippen LogP contribution is 2.39. The monoisotopic (exact) mass is 620 g/mol. The van der Waals surface area contributed by atoms with E-state index in [9.17, 15) is 18.0 Å². The zero-order chi connectivity index (χ0) is 30.3. The van der Waals surface area contributed by atoms with Crippen LogP contribution >= 0.6 is 11.6 Å². The molecule has 0 aliphatic carbocycles. The second kappa shape index (κ2) is 14.3. The Labute approximate surface area is 245 Å². The summed E-state index contributed by atoms with van der Waals surface area (Å²) in [6.45, 7) is 12.0. The van der Waals surface area contributed by atoms with Crippen LogP contribution in [0.4, 0.5) is 4.79 Å². The molecule has 40 heavy (non-hydrogen) atoms. The van der Waals surface area contributed by atoms with Gasteiger partial charge in [0.1, 0.15) is 12.4 Å². The Morgan fingerprint density at radius 3 is 2.25 bits per heavy atom. The van der Waals surface area contributed by atoms with E-state index in [4.69, 9.17) is 30.2 Å². The summed E-state index contributed by atoms with van der Waals surface area (Å²) < 4.78 is 50.5. The molecule has 1 fully saturated rings. The Morgan fingerprint density at radius 2 is 1.75 bits per heavy atom. The predicted molar refractivity (Wildman–Crippen MR) is 158 cm³/mol. The lowest BCUT2D eigenvalue weighted by Crippen LogP contribution is -2.54. The molecule has 0 spiro atoms. The number of amides is 1. The SMILES string of the molecule is COc1ccc(CN([C@H]2CC(COC(C)=O)N(C(=O)OCCCCl)[C@H]2CO[Si](C)(C)C(C)(C)C)S(C)(=O)=O)cc1. The van der Waals surface area contributed by atoms with Crippen LogP contribution in [0.3, 0.4) is 0 Å². The number of alkyl halides is 1. The summed E-state index contributed by atoms with van der Waals surface area (Å²) in [5, 5.41) is -0.108. The minimum absolute atomic E-state index is 0.0828. The van der Waals surface area contributed by atoms with E-state index >= 15 is 0 Å². The molecular formula is C27H45ClN2O8SSi. The molecule has 0 bridgehead atoms. The highest BCUT2D eigenvalue weighted by molar-refractivity contribution is 7.88. The number of methoxy groups -OCH3 is 1. The minimum atomic E-state index is -3.75. The molecule has 13 heteroatoms. The van der Waals surface area contributed by atoms with Gasteiger partial charge >= 0.3 is 12.1 Å². The number of likely N-dealkylation sites (tertiary alicyclic amines) is 1. The highest BCUT2D eigenvalue weighted by atomic mass is 35.5. The smallest absolute Gasteiger partial charge is 0.410 e. The van der Waals surface area contributed by atoms with E-state index in [0.717, 1.165) is 11.8 Å². The summed E-state index contributed by atoms with van der Waals surface area (Å²) in [5.74, 6) is 0.490. The van der Waals surface area contributed by atoms with E-state index in [1.165, 1.54) is 16.1 Å². The molecule has 1 unspecified atom stereocenters. The van der Waals surface area contributed by atoms with Crippen LogP contribution in [0.2, 0.25) is 18.1 Å². The number of sulfonamides is 1. The first-order valence-corrected chi connectivity index (χ1v) is 18.7. The number of benzene rings is 1. The third-order valence-corrected chi connectivity index (χ3v) is 13.6. The van der Waals surface area contributed by atoms with Gasteiger partial charge in [-0.2, -0.15) is 4.31 Å². The zero-order valence-electron chi connectivity index (χ0n) is 24.9. The van der Waals surface area contributed by atoms with Gasteiger partial charge in [0.25, 0.3) is 0 Å². The minimum Gasteiger partial charge on any atom is -0.497 e. The fourth-order valence-corrected chi connectivity index (χ4v) is 6.57. The lowest BCUT2D eigenvalue weighted by molar-refractivity contribution is -0.142. The van der Waals surface area contributed by atoms with Crippen LogP contribution in [0.1, 0.15) is 46.1 Å². The van der Waals surface area contributed by atoms with Crippen molar-refractivity contribution in [1.29, 1.82) is 0 Å². The number of ether oxygens (including phenoxy) is 3. The fourth-order valence-electron chi connectivity index (χ4n) is 4.34. The first-order valence-electron chi connectivity index (χ1n) is 13.4. The van der Waals surface area contributed by atoms with Gasteiger partial charge in [0, 0.05) is 19.3 Å². The maximum absolute atomic E-state index is 13.4. The van der Waals surface area contributed by atoms with Gasteiger partial charge in [-0.3, -0.25) is 9.69 Å². The Kier molecular flexibility index (Phi) is 12.3. The van der Waals surface area contributed by atoms with Crippen molar-refractivity contribution >= 4 is 42.0 Å². The predicted octanol–water partition coefficient (Wildman–Crippen LogP) is 4.62. The van der Waals surface area contributed by atoms with Crippen LogP contribution in [-0.4, -0.2) is 95.2 Å². The van der Waals surface area contributed by atoms with Gasteiger partial charge in [0.15, 0.2) is 8.32 Å². The Balaban J connectivity index is 2.54. The van der Waals surface area contributed by atoms with Crippen LogP contribution in [-0.2, 0) is 35.3 Å². The number of rotatable bonds is 13. The van der Waals surface area contributed by atoms with Gasteiger partial charge in [-0.1, -0.05) is 32.9 Å². The molecular weight excluding hydrogens is 576 g/mol. The summed E-state index contributed by atoms with van der Waals surface area (Å²) in [5.41, 5.74) is 0.759. The summed E-state index contributed by atoms with van der Waals surface area (Å²) in [4.78, 5) is 26.6. The molecule has 1 aliphatic rings. The van der Waals surface area contributed by atoms with Gasteiger partial charge in [0.05, 0.1) is 44.7 Å². The van der Waals surface area contributed by atoms with Crippen LogP contribution in [0.15, 0.2) is 24.3 Å². The molecule has 228 valence electrons. The first kappa shape index (κ1) is 34.3. The van der Waals surface area contributed by atoms with E-state index < -0.39 is 48.5 Å². The second-order valence-corrected chi connectivity index (χ2v) is 18.7. The van der Waals surface area contributed by atoms with Crippen molar-refractivity contribution in [1.82, 2.24) is 9.21 Å². The number of carbonyl (C=O) groups excluding carboxylic acids is 2. The average molecular weight is 621 g/mol. The normalized spacial score (nSPS) is 20.1. The first-order chi connectivity index (χ1) is 18.5. The average Bonchev–Trinajstić information content (AvgIpc) is 3.21. The molecule has 0 saturated carbocycles. The molecule has 1 aromatic rings. The van der Waals surface area contributed by atoms with Gasteiger partial charge in [-0.15, -0.1) is 11.6 Å². The maximum Gasteiger partial charge on any atom is 0.410 e. The number of esters is 1. The van der Waals surface area contributed by atoms with E-state index in [0.29, 0.717) is 18.1 Å². The zero-order valence-corrected chi connectivity index (χ0v) is 27.5. The van der Waals surface area contributed by atoms with E-state index in [2.05, 4.69) is 33.9 Å². The van der Waals surface area contributed by atoms with Crippen LogP contribution in [0.25, 0.3) is 0 Å². The highest BCUT2D eigenvalue weighted by Gasteiger charge is 2.50. The molecule has 0 radical (unpaired) electrons. The van der Waals surface area contributed by atoms with Gasteiger partial charge in [-0.25, -0.2) is 13.2 Å². The van der Waals surface area contributed by atoms with Crippen LogP contribution in [0, 0.1) is 0 Å². The topological polar surface area (TPSA) is 112 Å². The van der Waals surface area contributed by atoms with E-state index in [-0.39, 0.29) is 37.8 Å². The third-order valence-electron chi connectivity index (χ3n) is 7.62. The van der Waals surface area contributed by atoms with E-state index in [1.807, 2.05) is 12.1 Å². The third kappa shape index (κ3) is 9.33. The molecule has 0 aromatic heterocycles. The summed E-state index contributed by atoms with van der Waals surface area (Å²) in [7, 11) is -4.47. The van der Waals surface area contributed by atoms with Crippen LogP contribution < -0.4 is 4.74 Å². The number of nitrogens with zero attached hydrogens (tertiary/aromatic N) is 2. The molecule has 1 aliphatic heterocycles. The van der Waals surface area contributed by atoms with E-state index in [1.54, 1.807) is 19.2 Å². The largest absolute Gasteiger partial charge is 0.497 e. The molecule has 1 amide bonds. The molecule has 10 nitrogen and oxygen atoms in total. The van der Waals surface area contributed by atoms with Crippen molar-refractivity contribution in [2.24, 2.45) is 0 Å². The number of carbonyl (C=O) groups is 2. The van der Waals surface area contributed by atoms with Gasteiger partial charge < -0.3 is 18.6 Å². The molecule has 3 atom stereocenters. The molecule has 1 saturated heterocycles. The summed E-state index contributed by atoms with van der Waals surface area (Å²) >= 11 is 5.78. The fraction of sp³-hybridized carbons (Fsp3) is 0.704. The van der Waals surface area contributed by atoms with Crippen molar-refractivity contribution in [3.05, 3.63) is 29.8 Å². The van der Waals surface area contributed by atoms with Crippen molar-refractivity contribution < 1.29 is 36.6 Å². The van der Waals surface area contributed by atoms with Gasteiger partial charge in [0.2, 0.25) is 10.0 Å². The number of halogens is 1. The van der Waals surface area contributed by atoms with Crippen molar-refractivity contribution in [3.63, 3.8) is 0 Å². The lowest BCUT2D eigenvalue weighted by atomic mass is 10.1. The molecule has 1 heterocycles. The Morgan fingerprint density at radius 1 is 1.12 bits per heavy atom. The quantitative estimate of drug-likeness (QED) is 0.136. The Bertz CT molecular complexity index is 1090. The number of hydrogen-bond donors (Lipinski definition) is 0. The van der Waals surface area contributed by atoms with Crippen molar-refractivity contribution in [2.45, 2.75) is 83.3 Å². The lowest BCUT2D eigenvalue weighted by Gasteiger charge is -2.40. The molecule has 2 rings (SSSR count). The molecule has 0 N–H and O–H groups in total. The van der Waals surface area contributed by atoms with Crippen LogP contribution in [0.5, 0.6) is 5.75 Å². The second-order valence-electron chi connectivity index (χ2n) is 11.6. The maximum atomic E-state index is 13.4. The summed E-state index contributed by atoms with van der Waals surface area (Å²) in [6.07, 6.45) is 1.25. The number of hydrogen-bond acceptors (Lipinski definition) is 8. The summed E-state index contributed by atoms with van der Waals surface area (Å²) in [6, 6.07) is 5.22.